The van der Waals surface area contributed by atoms with Crippen molar-refractivity contribution in [3.63, 3.8) is 0 Å². The number of methoxy groups -OCH3 is 1. The molecule has 4 aromatic rings. The minimum absolute atomic E-state index is 0.0617. The van der Waals surface area contributed by atoms with Crippen LogP contribution < -0.4 is 4.74 Å². The summed E-state index contributed by atoms with van der Waals surface area (Å²) in [5, 5.41) is 4.46. The molecule has 4 heterocycles. The molecule has 1 aliphatic heterocycles. The van der Waals surface area contributed by atoms with Crippen LogP contribution >= 0.6 is 0 Å². The fraction of sp³-hybridized carbons (Fsp3) is 0.423. The second-order valence-electron chi connectivity index (χ2n) is 9.68. The van der Waals surface area contributed by atoms with Crippen LogP contribution in [0.2, 0.25) is 0 Å². The van der Waals surface area contributed by atoms with E-state index >= 15 is 4.39 Å². The predicted octanol–water partition coefficient (Wildman–Crippen LogP) is 5.73. The molecule has 2 unspecified atom stereocenters. The zero-order valence-corrected chi connectivity index (χ0v) is 20.7. The minimum atomic E-state index is -4.68. The van der Waals surface area contributed by atoms with Crippen molar-refractivity contribution in [2.75, 3.05) is 13.7 Å². The normalized spacial score (nSPS) is 20.2. The molecule has 0 N–H and O–H groups in total. The number of alkyl halides is 3. The largest absolute Gasteiger partial charge is 0.480 e. The van der Waals surface area contributed by atoms with E-state index in [4.69, 9.17) is 9.47 Å². The standard InChI is InChI=1S/C26H24F4N6O2/c1-13-25(37-2)34-22-21(18-6-3-16(10-19(18)27)26(28,29)30)33-23(35-24(22)32-13)14-7-8-38-20(9-14)15-11-31-36(12-15)17-4-5-17/h3,6,10-12,14,17,20H,4-5,7-9H2,1-2H3. The van der Waals surface area contributed by atoms with Gasteiger partial charge in [0.2, 0.25) is 5.88 Å². The number of nitrogens with zero attached hydrogens (tertiary/aromatic N) is 6. The third-order valence-electron chi connectivity index (χ3n) is 6.99. The third kappa shape index (κ3) is 4.57. The number of rotatable bonds is 5. The van der Waals surface area contributed by atoms with Gasteiger partial charge in [-0.2, -0.15) is 18.3 Å². The van der Waals surface area contributed by atoms with Crippen LogP contribution in [0.3, 0.4) is 0 Å². The molecule has 6 rings (SSSR count). The van der Waals surface area contributed by atoms with Crippen molar-refractivity contribution in [2.45, 2.75) is 56.8 Å². The monoisotopic (exact) mass is 528 g/mol. The van der Waals surface area contributed by atoms with Crippen molar-refractivity contribution in [2.24, 2.45) is 0 Å². The third-order valence-corrected chi connectivity index (χ3v) is 6.99. The second kappa shape index (κ2) is 9.26. The fourth-order valence-corrected chi connectivity index (χ4v) is 4.80. The lowest BCUT2D eigenvalue weighted by atomic mass is 9.92. The van der Waals surface area contributed by atoms with E-state index in [1.165, 1.54) is 7.11 Å². The molecule has 198 valence electrons. The highest BCUT2D eigenvalue weighted by molar-refractivity contribution is 5.87. The first-order chi connectivity index (χ1) is 18.2. The van der Waals surface area contributed by atoms with E-state index in [0.29, 0.717) is 43.1 Å². The fourth-order valence-electron chi connectivity index (χ4n) is 4.80. The summed E-state index contributed by atoms with van der Waals surface area (Å²) in [7, 11) is 1.42. The zero-order valence-electron chi connectivity index (χ0n) is 20.7. The summed E-state index contributed by atoms with van der Waals surface area (Å²) in [6.45, 7) is 2.16. The van der Waals surface area contributed by atoms with E-state index in [1.54, 1.807) is 6.92 Å². The first-order valence-electron chi connectivity index (χ1n) is 12.3. The molecule has 1 aromatic carbocycles. The Hall–Kier alpha value is -3.67. The van der Waals surface area contributed by atoms with Gasteiger partial charge in [0.15, 0.2) is 5.65 Å². The van der Waals surface area contributed by atoms with Gasteiger partial charge in [-0.15, -0.1) is 0 Å². The molecule has 8 nitrogen and oxygen atoms in total. The number of hydrogen-bond donors (Lipinski definition) is 0. The van der Waals surface area contributed by atoms with E-state index in [2.05, 4.69) is 25.0 Å². The van der Waals surface area contributed by atoms with Crippen molar-refractivity contribution in [1.82, 2.24) is 29.7 Å². The number of ether oxygens (including phenoxy) is 2. The maximum absolute atomic E-state index is 15.1. The molecular formula is C26H24F4N6O2. The van der Waals surface area contributed by atoms with E-state index in [0.717, 1.165) is 30.5 Å². The predicted molar refractivity (Wildman–Crippen MR) is 128 cm³/mol. The van der Waals surface area contributed by atoms with Gasteiger partial charge in [0.1, 0.15) is 28.5 Å². The Morgan fingerprint density at radius 3 is 2.61 bits per heavy atom. The van der Waals surface area contributed by atoms with Gasteiger partial charge in [-0.3, -0.25) is 4.68 Å². The van der Waals surface area contributed by atoms with Gasteiger partial charge < -0.3 is 9.47 Å². The molecule has 1 saturated heterocycles. The molecule has 1 saturated carbocycles. The van der Waals surface area contributed by atoms with E-state index in [1.807, 2.05) is 17.1 Å². The lowest BCUT2D eigenvalue weighted by Gasteiger charge is -2.28. The molecule has 0 radical (unpaired) electrons. The van der Waals surface area contributed by atoms with Crippen molar-refractivity contribution in [1.29, 1.82) is 0 Å². The van der Waals surface area contributed by atoms with Gasteiger partial charge >= 0.3 is 6.18 Å². The SMILES string of the molecule is COc1nc2c(-c3ccc(C(F)(F)F)cc3F)nc(C3CCOC(c4cnn(C5CC5)c4)C3)nc2nc1C. The lowest BCUT2D eigenvalue weighted by molar-refractivity contribution is -0.137. The Bertz CT molecular complexity index is 1520. The summed E-state index contributed by atoms with van der Waals surface area (Å²) in [4.78, 5) is 18.2. The van der Waals surface area contributed by atoms with Crippen LogP contribution in [0.5, 0.6) is 5.88 Å². The number of fused-ring (bicyclic) bond motifs is 1. The first-order valence-corrected chi connectivity index (χ1v) is 12.3. The number of aryl methyl sites for hydroxylation is 1. The highest BCUT2D eigenvalue weighted by Crippen LogP contribution is 2.40. The van der Waals surface area contributed by atoms with Crippen LogP contribution in [-0.2, 0) is 10.9 Å². The molecule has 38 heavy (non-hydrogen) atoms. The molecular weight excluding hydrogens is 504 g/mol. The molecule has 1 aliphatic carbocycles. The Labute approximate surface area is 215 Å². The van der Waals surface area contributed by atoms with Crippen LogP contribution in [0.25, 0.3) is 22.4 Å². The second-order valence-corrected chi connectivity index (χ2v) is 9.68. The topological polar surface area (TPSA) is 87.8 Å². The zero-order chi connectivity index (χ0) is 26.6. The number of benzene rings is 1. The molecule has 0 amide bonds. The van der Waals surface area contributed by atoms with Gasteiger partial charge in [0.25, 0.3) is 0 Å². The van der Waals surface area contributed by atoms with Crippen molar-refractivity contribution >= 4 is 11.2 Å². The maximum atomic E-state index is 15.1. The maximum Gasteiger partial charge on any atom is 0.416 e. The van der Waals surface area contributed by atoms with Crippen LogP contribution in [0, 0.1) is 12.7 Å². The number of aromatic nitrogens is 6. The highest BCUT2D eigenvalue weighted by Gasteiger charge is 2.33. The average Bonchev–Trinajstić information content (AvgIpc) is 3.63. The van der Waals surface area contributed by atoms with Crippen LogP contribution in [0.15, 0.2) is 30.6 Å². The Morgan fingerprint density at radius 2 is 1.89 bits per heavy atom. The molecule has 3 aromatic heterocycles. The average molecular weight is 529 g/mol. The summed E-state index contributed by atoms with van der Waals surface area (Å²) in [6, 6.07) is 2.81. The lowest BCUT2D eigenvalue weighted by Crippen LogP contribution is -2.20. The molecule has 12 heteroatoms. The van der Waals surface area contributed by atoms with E-state index in [-0.39, 0.29) is 40.3 Å². The molecule has 0 bridgehead atoms. The van der Waals surface area contributed by atoms with Gasteiger partial charge in [-0.25, -0.2) is 24.3 Å². The minimum Gasteiger partial charge on any atom is -0.480 e. The summed E-state index contributed by atoms with van der Waals surface area (Å²) < 4.78 is 67.9. The van der Waals surface area contributed by atoms with E-state index in [9.17, 15) is 13.2 Å². The molecule has 2 aliphatic rings. The highest BCUT2D eigenvalue weighted by atomic mass is 19.4. The number of halogens is 4. The Kier molecular flexibility index (Phi) is 6.01. The Balaban J connectivity index is 1.42. The van der Waals surface area contributed by atoms with Crippen LogP contribution in [0.1, 0.15) is 66.4 Å². The molecule has 2 atom stereocenters. The molecule has 0 spiro atoms. The first kappa shape index (κ1) is 24.7. The summed E-state index contributed by atoms with van der Waals surface area (Å²) in [5.41, 5.74) is 0.651. The molecule has 2 fully saturated rings. The summed E-state index contributed by atoms with van der Waals surface area (Å²) >= 11 is 0. The van der Waals surface area contributed by atoms with Crippen LogP contribution in [-0.4, -0.2) is 43.4 Å². The Morgan fingerprint density at radius 1 is 1.08 bits per heavy atom. The van der Waals surface area contributed by atoms with Crippen molar-refractivity contribution in [3.05, 3.63) is 59.1 Å². The van der Waals surface area contributed by atoms with Crippen LogP contribution in [0.4, 0.5) is 17.6 Å². The van der Waals surface area contributed by atoms with Gasteiger partial charge in [0, 0.05) is 29.8 Å². The number of hydrogen-bond acceptors (Lipinski definition) is 7. The summed E-state index contributed by atoms with van der Waals surface area (Å²) in [5.74, 6) is -0.609. The quantitative estimate of drug-likeness (QED) is 0.306. The van der Waals surface area contributed by atoms with E-state index < -0.39 is 17.6 Å². The van der Waals surface area contributed by atoms with Crippen molar-refractivity contribution in [3.8, 4) is 17.1 Å². The van der Waals surface area contributed by atoms with Gasteiger partial charge in [-0.1, -0.05) is 0 Å². The summed E-state index contributed by atoms with van der Waals surface area (Å²) in [6.07, 6.45) is 2.37. The smallest absolute Gasteiger partial charge is 0.416 e. The van der Waals surface area contributed by atoms with Crippen molar-refractivity contribution < 1.29 is 27.0 Å². The van der Waals surface area contributed by atoms with Gasteiger partial charge in [-0.05, 0) is 50.8 Å². The van der Waals surface area contributed by atoms with Gasteiger partial charge in [0.05, 0.1) is 31.0 Å².